The van der Waals surface area contributed by atoms with Gasteiger partial charge in [0.1, 0.15) is 5.60 Å². The third kappa shape index (κ3) is 6.58. The van der Waals surface area contributed by atoms with Crippen molar-refractivity contribution in [2.75, 3.05) is 11.9 Å². The van der Waals surface area contributed by atoms with Gasteiger partial charge in [0.2, 0.25) is 0 Å². The van der Waals surface area contributed by atoms with Gasteiger partial charge in [0, 0.05) is 17.8 Å². The van der Waals surface area contributed by atoms with Crippen molar-refractivity contribution in [1.29, 1.82) is 0 Å². The predicted molar refractivity (Wildman–Crippen MR) is 104 cm³/mol. The summed E-state index contributed by atoms with van der Waals surface area (Å²) in [6.45, 7) is 9.06. The highest BCUT2D eigenvalue weighted by Gasteiger charge is 2.43. The Hall–Kier alpha value is -2.57. The number of alkyl carbamates (subject to hydrolysis) is 1. The first-order chi connectivity index (χ1) is 12.5. The standard InChI is InChI=1S/C20H29N3O4/c1-13(24)14-7-6-8-16(11-14)22-17(25)23-20(5,15-9-10-15)12-21-18(26)27-19(2,3)4/h6-8,11,15H,9-10,12H2,1-5H3,(H,21,26)(H2,22,23,25)/t20-/m0/s1. The Morgan fingerprint density at radius 2 is 1.81 bits per heavy atom. The van der Waals surface area contributed by atoms with Gasteiger partial charge in [-0.05, 0) is 65.5 Å². The lowest BCUT2D eigenvalue weighted by molar-refractivity contribution is 0.0509. The summed E-state index contributed by atoms with van der Waals surface area (Å²) in [5, 5.41) is 8.47. The van der Waals surface area contributed by atoms with E-state index in [-0.39, 0.29) is 18.4 Å². The predicted octanol–water partition coefficient (Wildman–Crippen LogP) is 3.70. The molecule has 27 heavy (non-hydrogen) atoms. The molecule has 0 unspecified atom stereocenters. The van der Waals surface area contributed by atoms with Crippen LogP contribution in [0, 0.1) is 5.92 Å². The van der Waals surface area contributed by atoms with Crippen LogP contribution in [0.3, 0.4) is 0 Å². The topological polar surface area (TPSA) is 96.5 Å². The first-order valence-corrected chi connectivity index (χ1v) is 9.15. The van der Waals surface area contributed by atoms with Crippen molar-refractivity contribution in [1.82, 2.24) is 10.6 Å². The van der Waals surface area contributed by atoms with E-state index in [2.05, 4.69) is 16.0 Å². The monoisotopic (exact) mass is 375 g/mol. The van der Waals surface area contributed by atoms with Crippen LogP contribution in [0.1, 0.15) is 57.8 Å². The molecule has 1 aliphatic rings. The lowest BCUT2D eigenvalue weighted by Gasteiger charge is -2.32. The molecule has 7 heteroatoms. The summed E-state index contributed by atoms with van der Waals surface area (Å²) >= 11 is 0. The van der Waals surface area contributed by atoms with Crippen molar-refractivity contribution in [2.24, 2.45) is 5.92 Å². The number of nitrogens with one attached hydrogen (secondary N) is 3. The number of ether oxygens (including phenoxy) is 1. The van der Waals surface area contributed by atoms with Crippen LogP contribution in [-0.2, 0) is 4.74 Å². The van der Waals surface area contributed by atoms with Gasteiger partial charge in [-0.3, -0.25) is 4.79 Å². The molecule has 1 fully saturated rings. The second-order valence-electron chi connectivity index (χ2n) is 8.26. The third-order valence-corrected chi connectivity index (χ3v) is 4.40. The molecule has 1 aromatic carbocycles. The molecule has 7 nitrogen and oxygen atoms in total. The van der Waals surface area contributed by atoms with Gasteiger partial charge in [0.15, 0.2) is 5.78 Å². The quantitative estimate of drug-likeness (QED) is 0.661. The van der Waals surface area contributed by atoms with E-state index in [1.165, 1.54) is 6.92 Å². The molecular weight excluding hydrogens is 346 g/mol. The number of hydrogen-bond acceptors (Lipinski definition) is 4. The van der Waals surface area contributed by atoms with Gasteiger partial charge in [-0.1, -0.05) is 12.1 Å². The van der Waals surface area contributed by atoms with Crippen LogP contribution in [-0.4, -0.2) is 35.6 Å². The number of benzene rings is 1. The molecule has 1 saturated carbocycles. The lowest BCUT2D eigenvalue weighted by atomic mass is 9.96. The zero-order valence-corrected chi connectivity index (χ0v) is 16.6. The molecule has 0 aliphatic heterocycles. The maximum absolute atomic E-state index is 12.5. The molecule has 0 bridgehead atoms. The fourth-order valence-corrected chi connectivity index (χ4v) is 2.82. The molecule has 1 atom stereocenters. The third-order valence-electron chi connectivity index (χ3n) is 4.40. The molecule has 0 saturated heterocycles. The van der Waals surface area contributed by atoms with Gasteiger partial charge in [-0.25, -0.2) is 9.59 Å². The van der Waals surface area contributed by atoms with E-state index in [4.69, 9.17) is 4.74 Å². The molecule has 148 valence electrons. The number of Topliss-reactive ketones (excluding diaryl/α,β-unsaturated/α-hetero) is 1. The Morgan fingerprint density at radius 1 is 1.15 bits per heavy atom. The summed E-state index contributed by atoms with van der Waals surface area (Å²) in [5.41, 5.74) is -0.0889. The smallest absolute Gasteiger partial charge is 0.407 e. The number of amides is 3. The van der Waals surface area contributed by atoms with Crippen molar-refractivity contribution >= 4 is 23.6 Å². The van der Waals surface area contributed by atoms with Crippen molar-refractivity contribution in [2.45, 2.75) is 58.6 Å². The summed E-state index contributed by atoms with van der Waals surface area (Å²) in [4.78, 5) is 35.9. The fraction of sp³-hybridized carbons (Fsp3) is 0.550. The van der Waals surface area contributed by atoms with Crippen LogP contribution in [0.2, 0.25) is 0 Å². The number of anilines is 1. The fourth-order valence-electron chi connectivity index (χ4n) is 2.82. The molecule has 0 aromatic heterocycles. The number of ketones is 1. The summed E-state index contributed by atoms with van der Waals surface area (Å²) < 4.78 is 5.26. The molecule has 0 heterocycles. The summed E-state index contributed by atoms with van der Waals surface area (Å²) in [6.07, 6.45) is 1.48. The Bertz CT molecular complexity index is 722. The van der Waals surface area contributed by atoms with E-state index in [9.17, 15) is 14.4 Å². The number of hydrogen-bond donors (Lipinski definition) is 3. The van der Waals surface area contributed by atoms with Crippen molar-refractivity contribution in [3.05, 3.63) is 29.8 Å². The Kier molecular flexibility index (Phi) is 6.13. The van der Waals surface area contributed by atoms with Crippen molar-refractivity contribution in [3.63, 3.8) is 0 Å². The van der Waals surface area contributed by atoms with Gasteiger partial charge in [0.25, 0.3) is 0 Å². The Morgan fingerprint density at radius 3 is 2.37 bits per heavy atom. The van der Waals surface area contributed by atoms with Crippen LogP contribution < -0.4 is 16.0 Å². The molecule has 3 N–H and O–H groups in total. The summed E-state index contributed by atoms with van der Waals surface area (Å²) in [7, 11) is 0. The molecule has 0 spiro atoms. The first-order valence-electron chi connectivity index (χ1n) is 9.15. The SMILES string of the molecule is CC(=O)c1cccc(NC(=O)N[C@@](C)(CNC(=O)OC(C)(C)C)C2CC2)c1. The van der Waals surface area contributed by atoms with Gasteiger partial charge >= 0.3 is 12.1 Å². The summed E-state index contributed by atoms with van der Waals surface area (Å²) in [6, 6.07) is 6.39. The van der Waals surface area contributed by atoms with Gasteiger partial charge in [0.05, 0.1) is 5.54 Å². The highest BCUT2D eigenvalue weighted by atomic mass is 16.6. The molecule has 2 rings (SSSR count). The second-order valence-corrected chi connectivity index (χ2v) is 8.26. The zero-order chi connectivity index (χ0) is 20.2. The number of rotatable bonds is 6. The minimum absolute atomic E-state index is 0.0663. The van der Waals surface area contributed by atoms with E-state index in [0.29, 0.717) is 17.2 Å². The highest BCUT2D eigenvalue weighted by molar-refractivity contribution is 5.96. The van der Waals surface area contributed by atoms with Gasteiger partial charge in [-0.2, -0.15) is 0 Å². The van der Waals surface area contributed by atoms with Crippen LogP contribution in [0.4, 0.5) is 15.3 Å². The molecule has 0 radical (unpaired) electrons. The zero-order valence-electron chi connectivity index (χ0n) is 16.6. The van der Waals surface area contributed by atoms with Crippen LogP contribution >= 0.6 is 0 Å². The number of carbonyl (C=O) groups excluding carboxylic acids is 3. The number of urea groups is 1. The highest BCUT2D eigenvalue weighted by Crippen LogP contribution is 2.39. The maximum atomic E-state index is 12.5. The van der Waals surface area contributed by atoms with Crippen LogP contribution in [0.25, 0.3) is 0 Å². The number of carbonyl (C=O) groups is 3. The maximum Gasteiger partial charge on any atom is 0.407 e. The first kappa shape index (κ1) is 20.7. The lowest BCUT2D eigenvalue weighted by Crippen LogP contribution is -2.56. The van der Waals surface area contributed by atoms with Gasteiger partial charge < -0.3 is 20.7 Å². The summed E-state index contributed by atoms with van der Waals surface area (Å²) in [5.74, 6) is 0.227. The van der Waals surface area contributed by atoms with E-state index in [0.717, 1.165) is 12.8 Å². The van der Waals surface area contributed by atoms with E-state index in [1.807, 2.05) is 6.92 Å². The van der Waals surface area contributed by atoms with Crippen molar-refractivity contribution < 1.29 is 19.1 Å². The average Bonchev–Trinajstić information content (AvgIpc) is 3.37. The van der Waals surface area contributed by atoms with Crippen LogP contribution in [0.15, 0.2) is 24.3 Å². The van der Waals surface area contributed by atoms with Gasteiger partial charge in [-0.15, -0.1) is 0 Å². The molecule has 3 amide bonds. The average molecular weight is 375 g/mol. The second kappa shape index (κ2) is 7.98. The molecule has 1 aromatic rings. The van der Waals surface area contributed by atoms with E-state index < -0.39 is 17.2 Å². The molecule has 1 aliphatic carbocycles. The van der Waals surface area contributed by atoms with E-state index >= 15 is 0 Å². The van der Waals surface area contributed by atoms with Crippen molar-refractivity contribution in [3.8, 4) is 0 Å². The van der Waals surface area contributed by atoms with Crippen LogP contribution in [0.5, 0.6) is 0 Å². The Labute approximate surface area is 160 Å². The molecular formula is C20H29N3O4. The Balaban J connectivity index is 1.96. The normalized spacial score (nSPS) is 16.0. The largest absolute Gasteiger partial charge is 0.444 e. The van der Waals surface area contributed by atoms with E-state index in [1.54, 1.807) is 45.0 Å². The minimum Gasteiger partial charge on any atom is -0.444 e. The minimum atomic E-state index is -0.584.